The van der Waals surface area contributed by atoms with Gasteiger partial charge < -0.3 is 19.4 Å². The Morgan fingerprint density at radius 2 is 2.14 bits per heavy atom. The Morgan fingerprint density at radius 1 is 1.32 bits per heavy atom. The maximum absolute atomic E-state index is 13.2. The van der Waals surface area contributed by atoms with Crippen LogP contribution >= 0.6 is 0 Å². The average molecular weight is 388 g/mol. The number of rotatable bonds is 6. The van der Waals surface area contributed by atoms with Crippen LogP contribution in [0.15, 0.2) is 34.7 Å². The third-order valence-electron chi connectivity index (χ3n) is 5.04. The van der Waals surface area contributed by atoms with Gasteiger partial charge in [0.2, 0.25) is 5.91 Å². The smallest absolute Gasteiger partial charge is 0.289 e. The summed E-state index contributed by atoms with van der Waals surface area (Å²) in [6, 6.07) is 7.53. The highest BCUT2D eigenvalue weighted by Crippen LogP contribution is 2.25. The molecule has 2 heterocycles. The van der Waals surface area contributed by atoms with E-state index in [0.717, 1.165) is 12.8 Å². The molecule has 1 aliphatic heterocycles. The predicted octanol–water partition coefficient (Wildman–Crippen LogP) is 4.01. The third-order valence-corrected chi connectivity index (χ3v) is 5.04. The van der Waals surface area contributed by atoms with Gasteiger partial charge in [-0.3, -0.25) is 9.59 Å². The molecule has 1 N–H and O–H groups in total. The standard InChI is InChI=1S/C21H25FN2O4/c1-14-12-16(22)6-7-17(14)23-19(25)9-5-15-4-3-11-24(13-15)21(26)18-8-10-20(27-2)28-18/h6-8,10,12,15H,3-5,9,11,13H2,1-2H3,(H,23,25)/t15-/m0/s1. The minimum atomic E-state index is -0.323. The lowest BCUT2D eigenvalue weighted by Crippen LogP contribution is -2.40. The number of nitrogens with zero attached hydrogens (tertiary/aromatic N) is 1. The fourth-order valence-electron chi connectivity index (χ4n) is 3.50. The van der Waals surface area contributed by atoms with Gasteiger partial charge in [-0.1, -0.05) is 0 Å². The first-order valence-corrected chi connectivity index (χ1v) is 9.45. The molecule has 2 aromatic rings. The molecular formula is C21H25FN2O4. The van der Waals surface area contributed by atoms with Crippen LogP contribution in [0.3, 0.4) is 0 Å². The lowest BCUT2D eigenvalue weighted by Gasteiger charge is -2.32. The number of hydrogen-bond donors (Lipinski definition) is 1. The number of benzene rings is 1. The van der Waals surface area contributed by atoms with E-state index in [-0.39, 0.29) is 29.3 Å². The summed E-state index contributed by atoms with van der Waals surface area (Å²) in [7, 11) is 1.49. The molecule has 7 heteroatoms. The van der Waals surface area contributed by atoms with Crippen molar-refractivity contribution < 1.29 is 23.1 Å². The summed E-state index contributed by atoms with van der Waals surface area (Å²) < 4.78 is 23.5. The van der Waals surface area contributed by atoms with Gasteiger partial charge in [0, 0.05) is 31.3 Å². The van der Waals surface area contributed by atoms with Crippen LogP contribution in [0, 0.1) is 18.7 Å². The zero-order valence-electron chi connectivity index (χ0n) is 16.2. The van der Waals surface area contributed by atoms with Gasteiger partial charge in [0.15, 0.2) is 5.76 Å². The van der Waals surface area contributed by atoms with Crippen molar-refractivity contribution in [2.75, 3.05) is 25.5 Å². The highest BCUT2D eigenvalue weighted by atomic mass is 19.1. The van der Waals surface area contributed by atoms with Gasteiger partial charge in [-0.2, -0.15) is 0 Å². The highest BCUT2D eigenvalue weighted by Gasteiger charge is 2.26. The number of piperidine rings is 1. The molecule has 1 aliphatic rings. The van der Waals surface area contributed by atoms with E-state index in [1.165, 1.54) is 19.2 Å². The second-order valence-corrected chi connectivity index (χ2v) is 7.13. The molecule has 1 aromatic heterocycles. The molecule has 28 heavy (non-hydrogen) atoms. The van der Waals surface area contributed by atoms with Gasteiger partial charge >= 0.3 is 0 Å². The van der Waals surface area contributed by atoms with Crippen LogP contribution < -0.4 is 10.1 Å². The van der Waals surface area contributed by atoms with Crippen LogP contribution in [-0.4, -0.2) is 36.9 Å². The number of amides is 2. The molecule has 1 fully saturated rings. The Kier molecular flexibility index (Phi) is 6.34. The van der Waals surface area contributed by atoms with Crippen molar-refractivity contribution in [3.63, 3.8) is 0 Å². The molecule has 1 saturated heterocycles. The van der Waals surface area contributed by atoms with Crippen LogP contribution in [0.1, 0.15) is 41.8 Å². The van der Waals surface area contributed by atoms with E-state index in [1.807, 2.05) is 0 Å². The number of hydrogen-bond acceptors (Lipinski definition) is 4. The lowest BCUT2D eigenvalue weighted by atomic mass is 9.93. The number of aryl methyl sites for hydroxylation is 1. The quantitative estimate of drug-likeness (QED) is 0.812. The zero-order valence-corrected chi connectivity index (χ0v) is 16.2. The first-order valence-electron chi connectivity index (χ1n) is 9.45. The molecular weight excluding hydrogens is 363 g/mol. The number of likely N-dealkylation sites (tertiary alicyclic amines) is 1. The molecule has 0 spiro atoms. The summed E-state index contributed by atoms with van der Waals surface area (Å²) in [5.41, 5.74) is 1.32. The van der Waals surface area contributed by atoms with Crippen LogP contribution in [-0.2, 0) is 4.79 Å². The Labute approximate surface area is 163 Å². The third kappa shape index (κ3) is 4.91. The predicted molar refractivity (Wildman–Crippen MR) is 103 cm³/mol. The summed E-state index contributed by atoms with van der Waals surface area (Å²) in [6.07, 6.45) is 2.93. The topological polar surface area (TPSA) is 71.8 Å². The Morgan fingerprint density at radius 3 is 2.86 bits per heavy atom. The van der Waals surface area contributed by atoms with Crippen LogP contribution in [0.25, 0.3) is 0 Å². The molecule has 150 valence electrons. The molecule has 0 radical (unpaired) electrons. The average Bonchev–Trinajstić information content (AvgIpc) is 3.17. The van der Waals surface area contributed by atoms with Crippen molar-refractivity contribution in [3.05, 3.63) is 47.5 Å². The van der Waals surface area contributed by atoms with Crippen molar-refractivity contribution in [1.29, 1.82) is 0 Å². The van der Waals surface area contributed by atoms with Gasteiger partial charge in [0.05, 0.1) is 7.11 Å². The normalized spacial score (nSPS) is 16.7. The molecule has 1 atom stereocenters. The van der Waals surface area contributed by atoms with Crippen molar-refractivity contribution in [1.82, 2.24) is 4.90 Å². The fraction of sp³-hybridized carbons (Fsp3) is 0.429. The Balaban J connectivity index is 1.50. The summed E-state index contributed by atoms with van der Waals surface area (Å²) in [5.74, 6) is 0.256. The molecule has 0 unspecified atom stereocenters. The number of carbonyl (C=O) groups is 2. The van der Waals surface area contributed by atoms with Crippen LogP contribution in [0.4, 0.5) is 10.1 Å². The minimum absolute atomic E-state index is 0.103. The highest BCUT2D eigenvalue weighted by molar-refractivity contribution is 5.92. The summed E-state index contributed by atoms with van der Waals surface area (Å²) in [4.78, 5) is 26.6. The van der Waals surface area contributed by atoms with Gasteiger partial charge in [0.25, 0.3) is 11.9 Å². The first kappa shape index (κ1) is 19.9. The zero-order chi connectivity index (χ0) is 20.1. The van der Waals surface area contributed by atoms with E-state index in [4.69, 9.17) is 9.15 Å². The van der Waals surface area contributed by atoms with E-state index < -0.39 is 0 Å². The van der Waals surface area contributed by atoms with Crippen molar-refractivity contribution >= 4 is 17.5 Å². The van der Waals surface area contributed by atoms with E-state index in [2.05, 4.69) is 5.32 Å². The number of nitrogens with one attached hydrogen (secondary N) is 1. The number of ether oxygens (including phenoxy) is 1. The van der Waals surface area contributed by atoms with Gasteiger partial charge in [-0.05, 0) is 61.9 Å². The lowest BCUT2D eigenvalue weighted by molar-refractivity contribution is -0.116. The number of methoxy groups -OCH3 is 1. The fourth-order valence-corrected chi connectivity index (χ4v) is 3.50. The maximum Gasteiger partial charge on any atom is 0.289 e. The summed E-state index contributed by atoms with van der Waals surface area (Å²) >= 11 is 0. The Hall–Kier alpha value is -2.83. The van der Waals surface area contributed by atoms with Crippen molar-refractivity contribution in [2.45, 2.75) is 32.6 Å². The van der Waals surface area contributed by atoms with Gasteiger partial charge in [-0.15, -0.1) is 0 Å². The Bertz CT molecular complexity index is 849. The van der Waals surface area contributed by atoms with E-state index >= 15 is 0 Å². The van der Waals surface area contributed by atoms with Gasteiger partial charge in [-0.25, -0.2) is 4.39 Å². The van der Waals surface area contributed by atoms with E-state index in [0.29, 0.717) is 43.1 Å². The molecule has 3 rings (SSSR count). The van der Waals surface area contributed by atoms with E-state index in [9.17, 15) is 14.0 Å². The van der Waals surface area contributed by atoms with Crippen molar-refractivity contribution in [2.24, 2.45) is 5.92 Å². The SMILES string of the molecule is COc1ccc(C(=O)N2CCC[C@@H](CCC(=O)Nc3ccc(F)cc3C)C2)o1. The summed E-state index contributed by atoms with van der Waals surface area (Å²) in [5, 5.41) is 2.83. The first-order chi connectivity index (χ1) is 13.5. The second kappa shape index (κ2) is 8.91. The van der Waals surface area contributed by atoms with Gasteiger partial charge in [0.1, 0.15) is 5.82 Å². The number of carbonyl (C=O) groups excluding carboxylic acids is 2. The molecule has 0 bridgehead atoms. The van der Waals surface area contributed by atoms with Crippen LogP contribution in [0.5, 0.6) is 5.95 Å². The summed E-state index contributed by atoms with van der Waals surface area (Å²) in [6.45, 7) is 3.04. The largest absolute Gasteiger partial charge is 0.468 e. The number of furan rings is 1. The molecule has 2 amide bonds. The van der Waals surface area contributed by atoms with Crippen LogP contribution in [0.2, 0.25) is 0 Å². The second-order valence-electron chi connectivity index (χ2n) is 7.13. The minimum Gasteiger partial charge on any atom is -0.468 e. The maximum atomic E-state index is 13.2. The number of anilines is 1. The molecule has 0 aliphatic carbocycles. The molecule has 6 nitrogen and oxygen atoms in total. The molecule has 0 saturated carbocycles. The van der Waals surface area contributed by atoms with Crippen molar-refractivity contribution in [3.8, 4) is 5.95 Å². The van der Waals surface area contributed by atoms with E-state index in [1.54, 1.807) is 30.0 Å². The monoisotopic (exact) mass is 388 g/mol. The molecule has 1 aromatic carbocycles. The number of halogens is 1.